The second kappa shape index (κ2) is 50.5. The van der Waals surface area contributed by atoms with Crippen molar-refractivity contribution in [1.29, 1.82) is 5.26 Å². The molecule has 0 rings (SSSR count). The van der Waals surface area contributed by atoms with Crippen molar-refractivity contribution in [1.82, 2.24) is 0 Å². The summed E-state index contributed by atoms with van der Waals surface area (Å²) in [5.74, 6) is 0. The van der Waals surface area contributed by atoms with E-state index in [-0.39, 0.29) is 0 Å². The van der Waals surface area contributed by atoms with Crippen LogP contribution in [0.25, 0.3) is 0 Å². The third kappa shape index (κ3) is 49.5. The van der Waals surface area contributed by atoms with Crippen molar-refractivity contribution >= 4 is 0 Å². The number of rotatable bonds is 48. The van der Waals surface area contributed by atoms with Crippen molar-refractivity contribution in [3.05, 3.63) is 6.92 Å². The summed E-state index contributed by atoms with van der Waals surface area (Å²) in [6.45, 7) is 3.94. The molecule has 0 amide bonds. The van der Waals surface area contributed by atoms with E-state index in [1.807, 2.05) is 0 Å². The van der Waals surface area contributed by atoms with Gasteiger partial charge in [0.05, 0.1) is 6.07 Å². The summed E-state index contributed by atoms with van der Waals surface area (Å²) in [5, 5.41) is 8.57. The van der Waals surface area contributed by atoms with Gasteiger partial charge in [-0.05, 0) is 6.42 Å². The van der Waals surface area contributed by atoms with E-state index in [4.69, 9.17) is 5.26 Å². The SMILES string of the molecule is [CH2]CCCCCCCCCCCCCCCCCCCCCCCCCCCCCCCCCCCCCCCCCCCCCCCCCC#N. The molecule has 0 saturated heterocycles. The van der Waals surface area contributed by atoms with E-state index in [0.717, 1.165) is 19.3 Å². The van der Waals surface area contributed by atoms with Crippen LogP contribution in [0.15, 0.2) is 0 Å². The van der Waals surface area contributed by atoms with Crippen LogP contribution in [0.4, 0.5) is 0 Å². The average Bonchev–Trinajstić information content (AvgIpc) is 3.16. The van der Waals surface area contributed by atoms with Gasteiger partial charge in [-0.15, -0.1) is 0 Å². The first-order chi connectivity index (χ1) is 25.9. The van der Waals surface area contributed by atoms with Crippen molar-refractivity contribution < 1.29 is 0 Å². The van der Waals surface area contributed by atoms with Crippen LogP contribution in [0.5, 0.6) is 0 Å². The summed E-state index contributed by atoms with van der Waals surface area (Å²) in [7, 11) is 0. The Kier molecular flexibility index (Phi) is 50.0. The Balaban J connectivity index is 3.05. The molecule has 1 radical (unpaired) electrons. The first kappa shape index (κ1) is 51.5. The smallest absolute Gasteiger partial charge is 0.0621 e. The molecular weight excluding hydrogens is 627 g/mol. The summed E-state index contributed by atoms with van der Waals surface area (Å²) in [4.78, 5) is 0. The highest BCUT2D eigenvalue weighted by Gasteiger charge is 1.99. The number of hydrogen-bond donors (Lipinski definition) is 0. The molecule has 0 fully saturated rings. The summed E-state index contributed by atoms with van der Waals surface area (Å²) in [6.07, 6.45) is 70.2. The second-order valence-electron chi connectivity index (χ2n) is 17.4. The number of hydrogen-bond acceptors (Lipinski definition) is 1. The molecule has 52 heavy (non-hydrogen) atoms. The first-order valence-electron chi connectivity index (χ1n) is 25.1. The largest absolute Gasteiger partial charge is 0.198 e. The minimum atomic E-state index is 0.749. The van der Waals surface area contributed by atoms with E-state index in [2.05, 4.69) is 13.0 Å². The van der Waals surface area contributed by atoms with Gasteiger partial charge in [0.1, 0.15) is 0 Å². The topological polar surface area (TPSA) is 23.8 Å². The number of nitriles is 1. The summed E-state index contributed by atoms with van der Waals surface area (Å²) in [6, 6.07) is 2.25. The van der Waals surface area contributed by atoms with Crippen molar-refractivity contribution in [3.63, 3.8) is 0 Å². The zero-order valence-corrected chi connectivity index (χ0v) is 36.3. The maximum Gasteiger partial charge on any atom is 0.0621 e. The second-order valence-corrected chi connectivity index (χ2v) is 17.4. The highest BCUT2D eigenvalue weighted by Crippen LogP contribution is 2.18. The lowest BCUT2D eigenvalue weighted by atomic mass is 10.0. The number of unbranched alkanes of at least 4 members (excludes halogenated alkanes) is 48. The lowest BCUT2D eigenvalue weighted by Crippen LogP contribution is -1.85. The van der Waals surface area contributed by atoms with Gasteiger partial charge in [0.15, 0.2) is 0 Å². The number of nitrogens with zero attached hydrogens (tertiary/aromatic N) is 1. The van der Waals surface area contributed by atoms with Gasteiger partial charge in [-0.25, -0.2) is 0 Å². The molecule has 0 atom stereocenters. The van der Waals surface area contributed by atoms with E-state index < -0.39 is 0 Å². The lowest BCUT2D eigenvalue weighted by Gasteiger charge is -2.05. The van der Waals surface area contributed by atoms with Crippen LogP contribution in [0.1, 0.15) is 315 Å². The Morgan fingerprint density at radius 1 is 0.192 bits per heavy atom. The van der Waals surface area contributed by atoms with Crippen molar-refractivity contribution in [2.75, 3.05) is 0 Å². The third-order valence-corrected chi connectivity index (χ3v) is 12.0. The van der Waals surface area contributed by atoms with Crippen LogP contribution >= 0.6 is 0 Å². The van der Waals surface area contributed by atoms with Gasteiger partial charge < -0.3 is 0 Å². The summed E-state index contributed by atoms with van der Waals surface area (Å²) < 4.78 is 0. The van der Waals surface area contributed by atoms with Gasteiger partial charge in [-0.3, -0.25) is 0 Å². The molecule has 1 nitrogen and oxygen atoms in total. The molecule has 309 valence electrons. The Bertz CT molecular complexity index is 634. The van der Waals surface area contributed by atoms with Gasteiger partial charge in [0.2, 0.25) is 0 Å². The monoisotopic (exact) mass is 727 g/mol. The molecule has 0 unspecified atom stereocenters. The minimum Gasteiger partial charge on any atom is -0.198 e. The Morgan fingerprint density at radius 3 is 0.423 bits per heavy atom. The first-order valence-corrected chi connectivity index (χ1v) is 25.1. The van der Waals surface area contributed by atoms with E-state index in [9.17, 15) is 0 Å². The van der Waals surface area contributed by atoms with Gasteiger partial charge in [0, 0.05) is 6.42 Å². The van der Waals surface area contributed by atoms with Crippen LogP contribution in [0.3, 0.4) is 0 Å². The van der Waals surface area contributed by atoms with Crippen LogP contribution in [0.2, 0.25) is 0 Å². The van der Waals surface area contributed by atoms with Gasteiger partial charge in [-0.1, -0.05) is 309 Å². The predicted octanol–water partition coefficient (Wildman–Crippen LogP) is 19.5. The molecule has 0 aliphatic carbocycles. The van der Waals surface area contributed by atoms with E-state index >= 15 is 0 Å². The predicted molar refractivity (Wildman–Crippen MR) is 237 cm³/mol. The van der Waals surface area contributed by atoms with Gasteiger partial charge >= 0.3 is 0 Å². The fraction of sp³-hybridized carbons (Fsp3) is 0.961. The molecular formula is C51H100N. The normalized spacial score (nSPS) is 11.5. The fourth-order valence-electron chi connectivity index (χ4n) is 8.34. The van der Waals surface area contributed by atoms with Crippen LogP contribution < -0.4 is 0 Å². The quantitative estimate of drug-likeness (QED) is 0.0573. The maximum absolute atomic E-state index is 8.57. The molecule has 0 saturated carbocycles. The fourth-order valence-corrected chi connectivity index (χ4v) is 8.34. The summed E-state index contributed by atoms with van der Waals surface area (Å²) >= 11 is 0. The van der Waals surface area contributed by atoms with Crippen LogP contribution in [-0.2, 0) is 0 Å². The molecule has 0 aromatic heterocycles. The molecule has 0 N–H and O–H groups in total. The molecule has 0 aliphatic heterocycles. The standard InChI is InChI=1S/C51H100N/c1-2-3-4-5-6-7-8-9-10-11-12-13-14-15-16-17-18-19-20-21-22-23-24-25-26-27-28-29-30-31-32-33-34-35-36-37-38-39-40-41-42-43-44-45-46-47-48-49-50-51-52/h1-50H2. The average molecular weight is 727 g/mol. The van der Waals surface area contributed by atoms with E-state index in [0.29, 0.717) is 0 Å². The summed E-state index contributed by atoms with van der Waals surface area (Å²) in [5.41, 5.74) is 0. The highest BCUT2D eigenvalue weighted by molar-refractivity contribution is 4.67. The molecule has 0 spiro atoms. The Labute approximate surface area is 331 Å². The van der Waals surface area contributed by atoms with Crippen molar-refractivity contribution in [2.45, 2.75) is 315 Å². The Hall–Kier alpha value is -0.510. The van der Waals surface area contributed by atoms with Crippen LogP contribution in [-0.4, -0.2) is 0 Å². The van der Waals surface area contributed by atoms with Gasteiger partial charge in [-0.2, -0.15) is 5.26 Å². The molecule has 0 aromatic carbocycles. The lowest BCUT2D eigenvalue weighted by molar-refractivity contribution is 0.508. The minimum absolute atomic E-state index is 0.749. The zero-order valence-electron chi connectivity index (χ0n) is 36.3. The molecule has 0 aromatic rings. The van der Waals surface area contributed by atoms with Crippen LogP contribution in [0, 0.1) is 18.3 Å². The third-order valence-electron chi connectivity index (χ3n) is 12.0. The molecule has 0 bridgehead atoms. The molecule has 0 aliphatic rings. The molecule has 0 heterocycles. The van der Waals surface area contributed by atoms with Gasteiger partial charge in [0.25, 0.3) is 0 Å². The Morgan fingerprint density at radius 2 is 0.308 bits per heavy atom. The zero-order chi connectivity index (χ0) is 37.4. The molecule has 1 heteroatoms. The maximum atomic E-state index is 8.57. The van der Waals surface area contributed by atoms with Crippen molar-refractivity contribution in [2.24, 2.45) is 0 Å². The van der Waals surface area contributed by atoms with E-state index in [1.54, 1.807) is 0 Å². The highest BCUT2D eigenvalue weighted by atomic mass is 14.2. The van der Waals surface area contributed by atoms with Crippen molar-refractivity contribution in [3.8, 4) is 6.07 Å². The van der Waals surface area contributed by atoms with E-state index in [1.165, 1.54) is 295 Å².